The Balaban J connectivity index is 1.51. The predicted molar refractivity (Wildman–Crippen MR) is 92.5 cm³/mol. The van der Waals surface area contributed by atoms with Crippen LogP contribution in [0, 0.1) is 0 Å². The maximum absolute atomic E-state index is 12.2. The van der Waals surface area contributed by atoms with Gasteiger partial charge >= 0.3 is 0 Å². The van der Waals surface area contributed by atoms with Gasteiger partial charge in [0.1, 0.15) is 11.5 Å². The lowest BCUT2D eigenvalue weighted by molar-refractivity contribution is -0.120. The summed E-state index contributed by atoms with van der Waals surface area (Å²) in [5, 5.41) is 2.93. The zero-order chi connectivity index (χ0) is 17.6. The minimum Gasteiger partial charge on any atom is -0.497 e. The molecule has 1 N–H and O–H groups in total. The summed E-state index contributed by atoms with van der Waals surface area (Å²) < 4.78 is 21.1. The summed E-state index contributed by atoms with van der Waals surface area (Å²) in [6.07, 6.45) is 0.983. The molecule has 25 heavy (non-hydrogen) atoms. The molecule has 0 aromatic heterocycles. The SMILES string of the molecule is COc1ccc(CC(=O)NCCc2ccc3c(c2)OCO3)c(OC)c1. The number of hydrogen-bond donors (Lipinski definition) is 1. The van der Waals surface area contributed by atoms with Crippen LogP contribution in [-0.2, 0) is 17.6 Å². The standard InChI is InChI=1S/C19H21NO5/c1-22-15-5-4-14(17(11-15)23-2)10-19(21)20-8-7-13-3-6-16-18(9-13)25-12-24-16/h3-6,9,11H,7-8,10,12H2,1-2H3,(H,20,21). The third kappa shape index (κ3) is 4.15. The van der Waals surface area contributed by atoms with E-state index in [1.54, 1.807) is 20.3 Å². The average Bonchev–Trinajstić information content (AvgIpc) is 3.10. The minimum absolute atomic E-state index is 0.0517. The molecule has 3 rings (SSSR count). The molecular weight excluding hydrogens is 322 g/mol. The van der Waals surface area contributed by atoms with Crippen LogP contribution >= 0.6 is 0 Å². The molecule has 0 fully saturated rings. The first-order valence-electron chi connectivity index (χ1n) is 8.05. The molecular formula is C19H21NO5. The van der Waals surface area contributed by atoms with Crippen molar-refractivity contribution in [3.8, 4) is 23.0 Å². The van der Waals surface area contributed by atoms with Gasteiger partial charge in [0.15, 0.2) is 11.5 Å². The summed E-state index contributed by atoms with van der Waals surface area (Å²) >= 11 is 0. The summed E-state index contributed by atoms with van der Waals surface area (Å²) in [7, 11) is 3.17. The first-order chi connectivity index (χ1) is 12.2. The van der Waals surface area contributed by atoms with Gasteiger partial charge in [-0.1, -0.05) is 12.1 Å². The van der Waals surface area contributed by atoms with Crippen LogP contribution in [0.3, 0.4) is 0 Å². The second-order valence-electron chi connectivity index (χ2n) is 5.64. The molecule has 2 aromatic carbocycles. The van der Waals surface area contributed by atoms with Crippen molar-refractivity contribution in [2.75, 3.05) is 27.6 Å². The van der Waals surface area contributed by atoms with Gasteiger partial charge in [-0.2, -0.15) is 0 Å². The van der Waals surface area contributed by atoms with Crippen molar-refractivity contribution in [1.29, 1.82) is 0 Å². The van der Waals surface area contributed by atoms with Crippen LogP contribution < -0.4 is 24.3 Å². The third-order valence-corrected chi connectivity index (χ3v) is 4.02. The molecule has 6 nitrogen and oxygen atoms in total. The first kappa shape index (κ1) is 17.0. The molecule has 0 aliphatic carbocycles. The first-order valence-corrected chi connectivity index (χ1v) is 8.05. The smallest absolute Gasteiger partial charge is 0.231 e. The van der Waals surface area contributed by atoms with Gasteiger partial charge in [0.2, 0.25) is 12.7 Å². The van der Waals surface area contributed by atoms with Gasteiger partial charge in [-0.3, -0.25) is 4.79 Å². The normalized spacial score (nSPS) is 11.9. The topological polar surface area (TPSA) is 66.0 Å². The van der Waals surface area contributed by atoms with E-state index in [1.807, 2.05) is 30.3 Å². The number of nitrogens with one attached hydrogen (secondary N) is 1. The van der Waals surface area contributed by atoms with Crippen LogP contribution in [0.1, 0.15) is 11.1 Å². The average molecular weight is 343 g/mol. The summed E-state index contributed by atoms with van der Waals surface area (Å²) in [4.78, 5) is 12.2. The molecule has 0 spiro atoms. The minimum atomic E-state index is -0.0517. The highest BCUT2D eigenvalue weighted by Crippen LogP contribution is 2.32. The van der Waals surface area contributed by atoms with E-state index in [9.17, 15) is 4.79 Å². The maximum Gasteiger partial charge on any atom is 0.231 e. The fourth-order valence-electron chi connectivity index (χ4n) is 2.68. The molecule has 1 heterocycles. The molecule has 6 heteroatoms. The van der Waals surface area contributed by atoms with Crippen molar-refractivity contribution >= 4 is 5.91 Å². The second kappa shape index (κ2) is 7.79. The fraction of sp³-hybridized carbons (Fsp3) is 0.316. The van der Waals surface area contributed by atoms with E-state index in [0.717, 1.165) is 29.0 Å². The number of carbonyl (C=O) groups is 1. The Morgan fingerprint density at radius 2 is 1.92 bits per heavy atom. The zero-order valence-electron chi connectivity index (χ0n) is 14.3. The number of hydrogen-bond acceptors (Lipinski definition) is 5. The lowest BCUT2D eigenvalue weighted by atomic mass is 10.1. The van der Waals surface area contributed by atoms with Crippen molar-refractivity contribution in [2.45, 2.75) is 12.8 Å². The Morgan fingerprint density at radius 1 is 1.08 bits per heavy atom. The van der Waals surface area contributed by atoms with E-state index in [1.165, 1.54) is 0 Å². The molecule has 132 valence electrons. The van der Waals surface area contributed by atoms with Gasteiger partial charge < -0.3 is 24.3 Å². The number of ether oxygens (including phenoxy) is 4. The van der Waals surface area contributed by atoms with Gasteiger partial charge in [-0.15, -0.1) is 0 Å². The van der Waals surface area contributed by atoms with Gasteiger partial charge in [0.25, 0.3) is 0 Å². The van der Waals surface area contributed by atoms with E-state index in [-0.39, 0.29) is 19.1 Å². The van der Waals surface area contributed by atoms with Crippen LogP contribution in [0.25, 0.3) is 0 Å². The Hall–Kier alpha value is -2.89. The predicted octanol–water partition coefficient (Wildman–Crippen LogP) is 2.33. The third-order valence-electron chi connectivity index (χ3n) is 4.02. The van der Waals surface area contributed by atoms with Crippen molar-refractivity contribution < 1.29 is 23.7 Å². The van der Waals surface area contributed by atoms with Gasteiger partial charge in [0.05, 0.1) is 20.6 Å². The van der Waals surface area contributed by atoms with Gasteiger partial charge in [-0.25, -0.2) is 0 Å². The van der Waals surface area contributed by atoms with Crippen molar-refractivity contribution in [3.05, 3.63) is 47.5 Å². The molecule has 2 aromatic rings. The van der Waals surface area contributed by atoms with Crippen LogP contribution in [-0.4, -0.2) is 33.5 Å². The van der Waals surface area contributed by atoms with Crippen LogP contribution in [0.4, 0.5) is 0 Å². The number of methoxy groups -OCH3 is 2. The van der Waals surface area contributed by atoms with E-state index in [2.05, 4.69) is 5.32 Å². The van der Waals surface area contributed by atoms with Crippen LogP contribution in [0.5, 0.6) is 23.0 Å². The fourth-order valence-corrected chi connectivity index (χ4v) is 2.68. The lowest BCUT2D eigenvalue weighted by Gasteiger charge is -2.11. The monoisotopic (exact) mass is 343 g/mol. The molecule has 0 unspecified atom stereocenters. The molecule has 1 aliphatic heterocycles. The van der Waals surface area contributed by atoms with Crippen molar-refractivity contribution in [2.24, 2.45) is 0 Å². The van der Waals surface area contributed by atoms with Crippen LogP contribution in [0.15, 0.2) is 36.4 Å². The summed E-state index contributed by atoms with van der Waals surface area (Å²) in [6.45, 7) is 0.816. The summed E-state index contributed by atoms with van der Waals surface area (Å²) in [6, 6.07) is 11.2. The van der Waals surface area contributed by atoms with Crippen molar-refractivity contribution in [1.82, 2.24) is 5.32 Å². The molecule has 1 aliphatic rings. The summed E-state index contributed by atoms with van der Waals surface area (Å²) in [5.74, 6) is 2.81. The molecule has 0 saturated heterocycles. The molecule has 0 bridgehead atoms. The largest absolute Gasteiger partial charge is 0.497 e. The van der Waals surface area contributed by atoms with E-state index < -0.39 is 0 Å². The molecule has 0 atom stereocenters. The highest BCUT2D eigenvalue weighted by atomic mass is 16.7. The van der Waals surface area contributed by atoms with Crippen molar-refractivity contribution in [3.63, 3.8) is 0 Å². The second-order valence-corrected chi connectivity index (χ2v) is 5.64. The number of carbonyl (C=O) groups excluding carboxylic acids is 1. The quantitative estimate of drug-likeness (QED) is 0.836. The van der Waals surface area contributed by atoms with Gasteiger partial charge in [0, 0.05) is 18.2 Å². The Labute approximate surface area is 146 Å². The highest BCUT2D eigenvalue weighted by molar-refractivity contribution is 5.79. The lowest BCUT2D eigenvalue weighted by Crippen LogP contribution is -2.27. The van der Waals surface area contributed by atoms with E-state index in [4.69, 9.17) is 18.9 Å². The number of rotatable bonds is 7. The zero-order valence-corrected chi connectivity index (χ0v) is 14.3. The summed E-state index contributed by atoms with van der Waals surface area (Å²) in [5.41, 5.74) is 1.91. The van der Waals surface area contributed by atoms with Gasteiger partial charge in [-0.05, 0) is 30.2 Å². The molecule has 0 saturated carbocycles. The highest BCUT2D eigenvalue weighted by Gasteiger charge is 2.13. The number of benzene rings is 2. The Kier molecular flexibility index (Phi) is 5.28. The molecule has 1 amide bonds. The molecule has 0 radical (unpaired) electrons. The number of amides is 1. The van der Waals surface area contributed by atoms with E-state index >= 15 is 0 Å². The Morgan fingerprint density at radius 3 is 2.72 bits per heavy atom. The number of fused-ring (bicyclic) bond motifs is 1. The van der Waals surface area contributed by atoms with Crippen LogP contribution in [0.2, 0.25) is 0 Å². The van der Waals surface area contributed by atoms with E-state index in [0.29, 0.717) is 18.0 Å². The Bertz CT molecular complexity index is 759. The maximum atomic E-state index is 12.2.